The second-order valence-electron chi connectivity index (χ2n) is 9.19. The summed E-state index contributed by atoms with van der Waals surface area (Å²) in [7, 11) is 1.46. The number of benzene rings is 2. The van der Waals surface area contributed by atoms with Gasteiger partial charge >= 0.3 is 0 Å². The summed E-state index contributed by atoms with van der Waals surface area (Å²) in [6.45, 7) is 4.12. The number of nitrogens with one attached hydrogen (secondary N) is 2. The molecule has 9 nitrogen and oxygen atoms in total. The summed E-state index contributed by atoms with van der Waals surface area (Å²) in [6.07, 6.45) is -0.0561. The molecule has 4 bridgehead atoms. The molecule has 3 amide bonds. The molecule has 2 heterocycles. The van der Waals surface area contributed by atoms with Crippen LogP contribution < -0.4 is 24.8 Å². The third-order valence-electron chi connectivity index (χ3n) is 6.16. The SMILES string of the molecule is COc1ccc2cc1OCC(=O)NCc1cc(F)cc(c1)O[C@@H]1CCN(C(=O)C(C)C)C[C@@H]1NC2=O. The molecule has 2 aromatic carbocycles. The largest absolute Gasteiger partial charge is 0.493 e. The van der Waals surface area contributed by atoms with Gasteiger partial charge in [-0.25, -0.2) is 4.39 Å². The van der Waals surface area contributed by atoms with Crippen molar-refractivity contribution < 1.29 is 33.0 Å². The van der Waals surface area contributed by atoms with E-state index >= 15 is 0 Å². The third-order valence-corrected chi connectivity index (χ3v) is 6.16. The normalized spacial score (nSPS) is 20.4. The third kappa shape index (κ3) is 5.87. The molecule has 1 fully saturated rings. The Labute approximate surface area is 208 Å². The molecule has 10 heteroatoms. The average Bonchev–Trinajstić information content (AvgIpc) is 2.85. The van der Waals surface area contributed by atoms with Gasteiger partial charge in [0.25, 0.3) is 11.8 Å². The number of nitrogens with zero attached hydrogens (tertiary/aromatic N) is 1. The van der Waals surface area contributed by atoms with E-state index in [9.17, 15) is 18.8 Å². The first-order valence-corrected chi connectivity index (χ1v) is 11.9. The number of halogens is 1. The molecule has 0 radical (unpaired) electrons. The van der Waals surface area contributed by atoms with Crippen LogP contribution in [-0.4, -0.2) is 61.6 Å². The topological polar surface area (TPSA) is 106 Å². The van der Waals surface area contributed by atoms with E-state index in [0.717, 1.165) is 0 Å². The minimum absolute atomic E-state index is 0.0150. The predicted molar refractivity (Wildman–Crippen MR) is 128 cm³/mol. The Morgan fingerprint density at radius 1 is 1.19 bits per heavy atom. The number of piperidine rings is 1. The highest BCUT2D eigenvalue weighted by atomic mass is 19.1. The summed E-state index contributed by atoms with van der Waals surface area (Å²) in [4.78, 5) is 39.9. The Morgan fingerprint density at radius 2 is 2.00 bits per heavy atom. The van der Waals surface area contributed by atoms with Crippen molar-refractivity contribution in [3.05, 3.63) is 53.3 Å². The number of hydrogen-bond acceptors (Lipinski definition) is 6. The molecule has 192 valence electrons. The molecule has 2 N–H and O–H groups in total. The van der Waals surface area contributed by atoms with Crippen molar-refractivity contribution in [1.29, 1.82) is 0 Å². The number of likely N-dealkylation sites (tertiary alicyclic amines) is 1. The lowest BCUT2D eigenvalue weighted by molar-refractivity contribution is -0.137. The molecule has 1 saturated heterocycles. The zero-order valence-corrected chi connectivity index (χ0v) is 20.5. The van der Waals surface area contributed by atoms with Crippen molar-refractivity contribution in [2.75, 3.05) is 26.8 Å². The Balaban J connectivity index is 1.68. The van der Waals surface area contributed by atoms with Gasteiger partial charge in [-0.2, -0.15) is 0 Å². The van der Waals surface area contributed by atoms with Crippen LogP contribution in [0, 0.1) is 11.7 Å². The van der Waals surface area contributed by atoms with Crippen LogP contribution in [0.5, 0.6) is 17.2 Å². The van der Waals surface area contributed by atoms with Gasteiger partial charge in [-0.05, 0) is 35.9 Å². The molecule has 2 aliphatic rings. The highest BCUT2D eigenvalue weighted by Gasteiger charge is 2.35. The minimum atomic E-state index is -0.542. The Hall–Kier alpha value is -3.82. The van der Waals surface area contributed by atoms with Gasteiger partial charge in [-0.15, -0.1) is 0 Å². The number of hydrogen-bond donors (Lipinski definition) is 2. The number of carbonyl (C=O) groups is 3. The van der Waals surface area contributed by atoms with E-state index in [0.29, 0.717) is 24.3 Å². The summed E-state index contributed by atoms with van der Waals surface area (Å²) in [6, 6.07) is 8.35. The van der Waals surface area contributed by atoms with Gasteiger partial charge in [-0.1, -0.05) is 13.8 Å². The molecule has 2 atom stereocenters. The lowest BCUT2D eigenvalue weighted by Gasteiger charge is -2.39. The zero-order valence-electron chi connectivity index (χ0n) is 20.5. The smallest absolute Gasteiger partial charge is 0.258 e. The standard InChI is InChI=1S/C26H30FN3O6/c1-15(2)26(33)30-7-6-21-20(13-30)29-25(32)17-4-5-22(34-3)23(10-17)35-14-24(31)28-12-16-8-18(27)11-19(9-16)36-21/h4-5,8-11,15,20-21H,6-7,12-14H2,1-3H3,(H,28,31)(H,29,32)/t20-,21+/m0/s1. The summed E-state index contributed by atoms with van der Waals surface area (Å²) >= 11 is 0. The zero-order chi connectivity index (χ0) is 25.8. The first kappa shape index (κ1) is 25.3. The van der Waals surface area contributed by atoms with Gasteiger partial charge in [-0.3, -0.25) is 14.4 Å². The number of fused-ring (bicyclic) bond motifs is 5. The van der Waals surface area contributed by atoms with E-state index < -0.39 is 29.8 Å². The van der Waals surface area contributed by atoms with Crippen LogP contribution in [0.2, 0.25) is 0 Å². The minimum Gasteiger partial charge on any atom is -0.493 e. The molecule has 36 heavy (non-hydrogen) atoms. The molecule has 0 spiro atoms. The molecular formula is C26H30FN3O6. The summed E-state index contributed by atoms with van der Waals surface area (Å²) in [5.74, 6) is -0.671. The lowest BCUT2D eigenvalue weighted by Crippen LogP contribution is -2.58. The maximum absolute atomic E-state index is 14.3. The fourth-order valence-electron chi connectivity index (χ4n) is 4.32. The molecule has 0 aliphatic carbocycles. The van der Waals surface area contributed by atoms with Crippen molar-refractivity contribution in [1.82, 2.24) is 15.5 Å². The van der Waals surface area contributed by atoms with E-state index in [4.69, 9.17) is 14.2 Å². The van der Waals surface area contributed by atoms with Crippen molar-refractivity contribution in [3.63, 3.8) is 0 Å². The lowest BCUT2D eigenvalue weighted by atomic mass is 9.99. The second-order valence-corrected chi connectivity index (χ2v) is 9.19. The molecule has 0 aromatic heterocycles. The van der Waals surface area contributed by atoms with Crippen molar-refractivity contribution in [2.45, 2.75) is 39.0 Å². The maximum Gasteiger partial charge on any atom is 0.258 e. The van der Waals surface area contributed by atoms with Crippen molar-refractivity contribution in [3.8, 4) is 17.2 Å². The Kier molecular flexibility index (Phi) is 7.61. The summed E-state index contributed by atoms with van der Waals surface area (Å²) in [5, 5.41) is 5.66. The van der Waals surface area contributed by atoms with Crippen LogP contribution in [0.15, 0.2) is 36.4 Å². The number of amides is 3. The Bertz CT molecular complexity index is 1150. The van der Waals surface area contributed by atoms with Crippen molar-refractivity contribution in [2.24, 2.45) is 5.92 Å². The van der Waals surface area contributed by atoms with Crippen LogP contribution in [0.3, 0.4) is 0 Å². The van der Waals surface area contributed by atoms with E-state index in [1.54, 1.807) is 23.1 Å². The van der Waals surface area contributed by atoms with Gasteiger partial charge in [0.15, 0.2) is 18.1 Å². The molecule has 0 saturated carbocycles. The van der Waals surface area contributed by atoms with Crippen LogP contribution in [0.1, 0.15) is 36.2 Å². The summed E-state index contributed by atoms with van der Waals surface area (Å²) in [5.41, 5.74) is 0.801. The monoisotopic (exact) mass is 499 g/mol. The van der Waals surface area contributed by atoms with Gasteiger partial charge in [0.05, 0.1) is 13.2 Å². The summed E-state index contributed by atoms with van der Waals surface area (Å²) < 4.78 is 31.4. The Morgan fingerprint density at radius 3 is 2.75 bits per heavy atom. The van der Waals surface area contributed by atoms with E-state index in [2.05, 4.69) is 10.6 Å². The maximum atomic E-state index is 14.3. The molecule has 2 aromatic rings. The highest BCUT2D eigenvalue weighted by Crippen LogP contribution is 2.29. The van der Waals surface area contributed by atoms with Gasteiger partial charge in [0, 0.05) is 43.6 Å². The van der Waals surface area contributed by atoms with Crippen LogP contribution >= 0.6 is 0 Å². The fourth-order valence-corrected chi connectivity index (χ4v) is 4.32. The van der Waals surface area contributed by atoms with Gasteiger partial charge < -0.3 is 29.7 Å². The molecule has 2 aliphatic heterocycles. The number of rotatable bonds is 2. The van der Waals surface area contributed by atoms with Crippen LogP contribution in [-0.2, 0) is 16.1 Å². The van der Waals surface area contributed by atoms with E-state index in [-0.39, 0.29) is 48.6 Å². The molecular weight excluding hydrogens is 469 g/mol. The van der Waals surface area contributed by atoms with E-state index in [1.807, 2.05) is 13.8 Å². The average molecular weight is 500 g/mol. The first-order valence-electron chi connectivity index (χ1n) is 11.9. The number of carbonyl (C=O) groups excluding carboxylic acids is 3. The fraction of sp³-hybridized carbons (Fsp3) is 0.423. The highest BCUT2D eigenvalue weighted by molar-refractivity contribution is 5.95. The molecule has 0 unspecified atom stereocenters. The number of ether oxygens (including phenoxy) is 3. The number of methoxy groups -OCH3 is 1. The van der Waals surface area contributed by atoms with Gasteiger partial charge in [0.2, 0.25) is 5.91 Å². The quantitative estimate of drug-likeness (QED) is 0.657. The van der Waals surface area contributed by atoms with Gasteiger partial charge in [0.1, 0.15) is 17.7 Å². The van der Waals surface area contributed by atoms with Crippen LogP contribution in [0.25, 0.3) is 0 Å². The van der Waals surface area contributed by atoms with Crippen LogP contribution in [0.4, 0.5) is 4.39 Å². The molecule has 4 rings (SSSR count). The van der Waals surface area contributed by atoms with Crippen molar-refractivity contribution >= 4 is 17.7 Å². The second kappa shape index (κ2) is 10.8. The predicted octanol–water partition coefficient (Wildman–Crippen LogP) is 2.28. The van der Waals surface area contributed by atoms with E-state index in [1.165, 1.54) is 25.3 Å². The first-order chi connectivity index (χ1) is 17.2.